The number of carbonyl (C=O) groups excluding carboxylic acids is 4. The van der Waals surface area contributed by atoms with Crippen LogP contribution < -0.4 is 15.4 Å². The maximum absolute atomic E-state index is 14.1. The Labute approximate surface area is 366 Å². The molecule has 0 bridgehead atoms. The van der Waals surface area contributed by atoms with Crippen molar-refractivity contribution in [2.45, 2.75) is 97.1 Å². The fourth-order valence-electron chi connectivity index (χ4n) is 9.60. The molecule has 0 aliphatic carbocycles. The molecule has 0 radical (unpaired) electrons. The zero-order valence-electron chi connectivity index (χ0n) is 37.2. The molecule has 2 saturated heterocycles. The summed E-state index contributed by atoms with van der Waals surface area (Å²) in [7, 11) is 4.25. The van der Waals surface area contributed by atoms with Gasteiger partial charge in [-0.3, -0.25) is 9.59 Å². The Kier molecular flexibility index (Phi) is 12.4. The van der Waals surface area contributed by atoms with Crippen molar-refractivity contribution in [1.29, 1.82) is 0 Å². The van der Waals surface area contributed by atoms with E-state index in [9.17, 15) is 19.2 Å². The molecule has 3 aromatic carbocycles. The highest BCUT2D eigenvalue weighted by Crippen LogP contribution is 2.44. The van der Waals surface area contributed by atoms with Crippen molar-refractivity contribution in [3.63, 3.8) is 0 Å². The maximum atomic E-state index is 14.1. The first-order valence-corrected chi connectivity index (χ1v) is 21.9. The molecule has 63 heavy (non-hydrogen) atoms. The lowest BCUT2D eigenvalue weighted by atomic mass is 9.92. The predicted molar refractivity (Wildman–Crippen MR) is 237 cm³/mol. The summed E-state index contributed by atoms with van der Waals surface area (Å²) in [6.45, 7) is 11.1. The lowest BCUT2D eigenvalue weighted by Gasteiger charge is -2.32. The molecule has 4 N–H and O–H groups in total. The molecule has 334 valence electrons. The summed E-state index contributed by atoms with van der Waals surface area (Å²) in [4.78, 5) is 73.2. The molecule has 5 aromatic rings. The second-order valence-corrected chi connectivity index (χ2v) is 17.6. The van der Waals surface area contributed by atoms with Crippen molar-refractivity contribution < 1.29 is 38.1 Å². The minimum absolute atomic E-state index is 0.0303. The van der Waals surface area contributed by atoms with Crippen molar-refractivity contribution in [2.75, 3.05) is 34.5 Å². The number of ether oxygens (including phenoxy) is 4. The lowest BCUT2D eigenvalue weighted by Crippen LogP contribution is -2.52. The number of rotatable bonds is 12. The first-order chi connectivity index (χ1) is 30.3. The predicted octanol–water partition coefficient (Wildman–Crippen LogP) is 7.40. The van der Waals surface area contributed by atoms with E-state index in [4.69, 9.17) is 28.9 Å². The third kappa shape index (κ3) is 8.28. The van der Waals surface area contributed by atoms with Gasteiger partial charge < -0.3 is 49.3 Å². The molecule has 16 heteroatoms. The molecule has 0 spiro atoms. The smallest absolute Gasteiger partial charge is 0.407 e. The number of benzene rings is 3. The van der Waals surface area contributed by atoms with Crippen molar-refractivity contribution in [3.05, 3.63) is 65.9 Å². The van der Waals surface area contributed by atoms with Crippen LogP contribution in [0.1, 0.15) is 89.6 Å². The van der Waals surface area contributed by atoms with Gasteiger partial charge in [0, 0.05) is 36.6 Å². The van der Waals surface area contributed by atoms with Gasteiger partial charge >= 0.3 is 12.2 Å². The maximum Gasteiger partial charge on any atom is 0.407 e. The molecule has 3 aliphatic heterocycles. The number of amides is 4. The summed E-state index contributed by atoms with van der Waals surface area (Å²) < 4.78 is 21.6. The monoisotopic (exact) mass is 862 g/mol. The molecule has 0 saturated carbocycles. The van der Waals surface area contributed by atoms with Gasteiger partial charge in [-0.25, -0.2) is 19.6 Å². The van der Waals surface area contributed by atoms with E-state index >= 15 is 0 Å². The van der Waals surface area contributed by atoms with Gasteiger partial charge in [0.25, 0.3) is 0 Å². The van der Waals surface area contributed by atoms with Crippen molar-refractivity contribution in [2.24, 2.45) is 17.8 Å². The number of alkyl carbamates (subject to hydrolysis) is 2. The topological polar surface area (TPSA) is 193 Å². The van der Waals surface area contributed by atoms with Crippen LogP contribution in [0.25, 0.3) is 44.2 Å². The van der Waals surface area contributed by atoms with Crippen LogP contribution in [0.15, 0.2) is 48.7 Å². The normalized spacial score (nSPS) is 20.8. The van der Waals surface area contributed by atoms with E-state index in [1.54, 1.807) is 13.3 Å². The van der Waals surface area contributed by atoms with Crippen LogP contribution in [-0.4, -0.2) is 106 Å². The highest BCUT2D eigenvalue weighted by Gasteiger charge is 2.43. The van der Waals surface area contributed by atoms with Crippen LogP contribution in [0.4, 0.5) is 9.59 Å². The number of H-pyrrole nitrogens is 2. The quantitative estimate of drug-likeness (QED) is 0.0982. The van der Waals surface area contributed by atoms with E-state index in [2.05, 4.69) is 57.0 Å². The lowest BCUT2D eigenvalue weighted by molar-refractivity contribution is -0.137. The molecule has 2 fully saturated rings. The van der Waals surface area contributed by atoms with Gasteiger partial charge in [0.05, 0.1) is 55.8 Å². The standard InChI is InChI=1S/C47H58N8O8/c1-9-25(4)40(53-47(59)62-8)44(56)54-21-27(22-60-6)16-37(54)42-48-20-35(50-42)29-11-13-31-30(17-29)23-63-38-19-32-28(18-33(31)38)12-14-34-41(32)51-43(49-34)36-15-10-26(5)55(36)45(57)39(24(2)3)52-46(58)61-7/h11-14,17-20,24-27,36-37,39-40H,9-10,15-16,21-23H2,1-8H3,(H,48,50)(H,49,51)(H,52,58)(H,53,59)/t25-,26-,27-,36-,37-,39?,40-/m0/s1. The molecular formula is C47H58N8O8. The van der Waals surface area contributed by atoms with Crippen molar-refractivity contribution in [3.8, 4) is 28.1 Å². The zero-order chi connectivity index (χ0) is 44.7. The Morgan fingerprint density at radius 1 is 0.889 bits per heavy atom. The van der Waals surface area contributed by atoms with E-state index in [1.807, 2.05) is 50.5 Å². The van der Waals surface area contributed by atoms with Gasteiger partial charge in [-0.15, -0.1) is 0 Å². The van der Waals surface area contributed by atoms with Crippen molar-refractivity contribution >= 4 is 45.8 Å². The number of hydrogen-bond donors (Lipinski definition) is 4. The minimum Gasteiger partial charge on any atom is -0.488 e. The van der Waals surface area contributed by atoms with Crippen LogP contribution >= 0.6 is 0 Å². The number of nitrogens with zero attached hydrogens (tertiary/aromatic N) is 4. The average Bonchev–Trinajstić information content (AvgIpc) is 4.11. The number of carbonyl (C=O) groups is 4. The number of fused-ring (bicyclic) bond motifs is 6. The number of imidazole rings is 2. The molecule has 4 amide bonds. The van der Waals surface area contributed by atoms with Crippen molar-refractivity contribution in [1.82, 2.24) is 40.4 Å². The van der Waals surface area contributed by atoms with Crippen LogP contribution in [0.3, 0.4) is 0 Å². The van der Waals surface area contributed by atoms with Gasteiger partial charge in [-0.1, -0.05) is 52.3 Å². The summed E-state index contributed by atoms with van der Waals surface area (Å²) >= 11 is 0. The largest absolute Gasteiger partial charge is 0.488 e. The van der Waals surface area contributed by atoms with E-state index in [1.165, 1.54) is 14.2 Å². The number of methoxy groups -OCH3 is 3. The molecule has 7 atom stereocenters. The van der Waals surface area contributed by atoms with Crippen LogP contribution in [-0.2, 0) is 30.4 Å². The van der Waals surface area contributed by atoms with Crippen LogP contribution in [0.2, 0.25) is 0 Å². The molecular weight excluding hydrogens is 805 g/mol. The molecule has 5 heterocycles. The Morgan fingerprint density at radius 3 is 2.37 bits per heavy atom. The second-order valence-electron chi connectivity index (χ2n) is 17.6. The number of aromatic nitrogens is 4. The highest BCUT2D eigenvalue weighted by atomic mass is 16.5. The Bertz CT molecular complexity index is 2530. The van der Waals surface area contributed by atoms with Gasteiger partial charge in [0.1, 0.15) is 36.1 Å². The van der Waals surface area contributed by atoms with E-state index in [0.29, 0.717) is 44.2 Å². The van der Waals surface area contributed by atoms with Gasteiger partial charge in [-0.05, 0) is 84.4 Å². The zero-order valence-corrected chi connectivity index (χ0v) is 37.2. The third-order valence-electron chi connectivity index (χ3n) is 13.2. The number of hydrogen-bond acceptors (Lipinski definition) is 10. The van der Waals surface area contributed by atoms with Gasteiger partial charge in [0.15, 0.2) is 0 Å². The number of aromatic amines is 2. The first kappa shape index (κ1) is 43.5. The highest BCUT2D eigenvalue weighted by molar-refractivity contribution is 6.07. The summed E-state index contributed by atoms with van der Waals surface area (Å²) in [5, 5.41) is 7.46. The average molecular weight is 863 g/mol. The Morgan fingerprint density at radius 2 is 1.65 bits per heavy atom. The minimum atomic E-state index is -0.741. The Hall–Kier alpha value is -6.16. The summed E-state index contributed by atoms with van der Waals surface area (Å²) in [5.41, 5.74) is 6.51. The van der Waals surface area contributed by atoms with E-state index in [-0.39, 0.29) is 47.7 Å². The summed E-state index contributed by atoms with van der Waals surface area (Å²) in [6.07, 6.45) is 3.45. The number of nitrogens with one attached hydrogen (secondary N) is 4. The van der Waals surface area contributed by atoms with Crippen LogP contribution in [0, 0.1) is 17.8 Å². The first-order valence-electron chi connectivity index (χ1n) is 21.9. The van der Waals surface area contributed by atoms with Crippen LogP contribution in [0.5, 0.6) is 5.75 Å². The fourth-order valence-corrected chi connectivity index (χ4v) is 9.60. The number of likely N-dealkylation sites (tertiary alicyclic amines) is 2. The van der Waals surface area contributed by atoms with E-state index < -0.39 is 24.3 Å². The summed E-state index contributed by atoms with van der Waals surface area (Å²) in [6, 6.07) is 12.5. The SMILES string of the molecule is CC[C@H](C)[C@H](NC(=O)OC)C(=O)N1C[C@@H](COC)C[C@H]1c1ncc(-c2ccc3c(c2)COc2cc4c(ccc5[nH]c([C@@H]6CC[C@H](C)N6C(=O)C(NC(=O)OC)C(C)C)nc54)cc2-3)[nH]1. The van der Waals surface area contributed by atoms with Gasteiger partial charge in [0.2, 0.25) is 11.8 Å². The van der Waals surface area contributed by atoms with Gasteiger partial charge in [-0.2, -0.15) is 0 Å². The molecule has 1 unspecified atom stereocenters. The molecule has 16 nitrogen and oxygen atoms in total. The molecule has 2 aromatic heterocycles. The molecule has 8 rings (SSSR count). The third-order valence-corrected chi connectivity index (χ3v) is 13.2. The summed E-state index contributed by atoms with van der Waals surface area (Å²) in [5.74, 6) is 1.68. The Balaban J connectivity index is 1.05. The second kappa shape index (κ2) is 17.9. The fraction of sp³-hybridized carbons (Fsp3) is 0.489. The van der Waals surface area contributed by atoms with E-state index in [0.717, 1.165) is 68.3 Å². The molecule has 3 aliphatic rings.